The van der Waals surface area contributed by atoms with E-state index in [-0.39, 0.29) is 11.7 Å². The van der Waals surface area contributed by atoms with Gasteiger partial charge in [-0.15, -0.1) is 0 Å². The minimum Gasteiger partial charge on any atom is -0.367 e. The van der Waals surface area contributed by atoms with Crippen LogP contribution in [0.2, 0.25) is 0 Å². The van der Waals surface area contributed by atoms with E-state index in [2.05, 4.69) is 34.1 Å². The van der Waals surface area contributed by atoms with Gasteiger partial charge in [-0.2, -0.15) is 11.3 Å². The van der Waals surface area contributed by atoms with Crippen LogP contribution in [0.3, 0.4) is 0 Å². The Morgan fingerprint density at radius 3 is 2.95 bits per heavy atom. The van der Waals surface area contributed by atoms with E-state index in [1.807, 2.05) is 0 Å². The lowest BCUT2D eigenvalue weighted by atomic mass is 10.1. The zero-order valence-electron chi connectivity index (χ0n) is 10.8. The van der Waals surface area contributed by atoms with Crippen LogP contribution in [0.1, 0.15) is 18.1 Å². The number of aryl methyl sites for hydroxylation is 1. The molecule has 1 unspecified atom stereocenters. The van der Waals surface area contributed by atoms with Crippen LogP contribution >= 0.6 is 11.3 Å². The van der Waals surface area contributed by atoms with Gasteiger partial charge in [0.1, 0.15) is 12.0 Å². The summed E-state index contributed by atoms with van der Waals surface area (Å²) in [5.74, 6) is 0.672. The highest BCUT2D eigenvalue weighted by atomic mass is 32.1. The number of nitro groups is 1. The zero-order chi connectivity index (χ0) is 13.8. The SMILES string of the molecule is Cc1cc(NC(C)Cc2ccsc2)ncc1[N+](=O)[O-]. The van der Waals surface area contributed by atoms with Gasteiger partial charge in [0.05, 0.1) is 4.92 Å². The molecule has 0 aliphatic heterocycles. The fourth-order valence-electron chi connectivity index (χ4n) is 1.88. The van der Waals surface area contributed by atoms with Crippen molar-refractivity contribution in [3.05, 3.63) is 50.3 Å². The molecule has 0 bridgehead atoms. The molecule has 0 aliphatic carbocycles. The maximum atomic E-state index is 10.7. The van der Waals surface area contributed by atoms with Crippen molar-refractivity contribution < 1.29 is 4.92 Å². The van der Waals surface area contributed by atoms with Crippen LogP contribution in [0.5, 0.6) is 0 Å². The molecule has 0 saturated heterocycles. The van der Waals surface area contributed by atoms with E-state index in [4.69, 9.17) is 0 Å². The zero-order valence-corrected chi connectivity index (χ0v) is 11.6. The summed E-state index contributed by atoms with van der Waals surface area (Å²) in [7, 11) is 0. The third-order valence-corrected chi connectivity index (χ3v) is 3.53. The largest absolute Gasteiger partial charge is 0.367 e. The predicted octanol–water partition coefficient (Wildman–Crippen LogP) is 3.40. The number of hydrogen-bond donors (Lipinski definition) is 1. The van der Waals surface area contributed by atoms with Crippen LogP contribution in [-0.4, -0.2) is 15.9 Å². The second-order valence-electron chi connectivity index (χ2n) is 4.49. The molecule has 0 fully saturated rings. The molecule has 2 heterocycles. The molecular formula is C13H15N3O2S. The Hall–Kier alpha value is -1.95. The average Bonchev–Trinajstić information content (AvgIpc) is 2.81. The van der Waals surface area contributed by atoms with Crippen molar-refractivity contribution >= 4 is 22.8 Å². The summed E-state index contributed by atoms with van der Waals surface area (Å²) in [6.07, 6.45) is 2.20. The van der Waals surface area contributed by atoms with E-state index in [9.17, 15) is 10.1 Å². The van der Waals surface area contributed by atoms with E-state index in [1.54, 1.807) is 24.3 Å². The van der Waals surface area contributed by atoms with Gasteiger partial charge >= 0.3 is 0 Å². The van der Waals surface area contributed by atoms with Crippen LogP contribution in [0, 0.1) is 17.0 Å². The van der Waals surface area contributed by atoms with Crippen LogP contribution in [0.15, 0.2) is 29.1 Å². The lowest BCUT2D eigenvalue weighted by molar-refractivity contribution is -0.385. The minimum atomic E-state index is -0.416. The Morgan fingerprint density at radius 2 is 2.37 bits per heavy atom. The van der Waals surface area contributed by atoms with E-state index in [1.165, 1.54) is 11.8 Å². The number of aromatic nitrogens is 1. The lowest BCUT2D eigenvalue weighted by Gasteiger charge is -2.14. The van der Waals surface area contributed by atoms with E-state index in [0.29, 0.717) is 11.4 Å². The van der Waals surface area contributed by atoms with Crippen LogP contribution in [0.25, 0.3) is 0 Å². The quantitative estimate of drug-likeness (QED) is 0.671. The van der Waals surface area contributed by atoms with E-state index >= 15 is 0 Å². The van der Waals surface area contributed by atoms with Crippen LogP contribution in [-0.2, 0) is 6.42 Å². The molecule has 0 saturated carbocycles. The molecular weight excluding hydrogens is 262 g/mol. The van der Waals surface area contributed by atoms with Gasteiger partial charge in [0.2, 0.25) is 0 Å². The topological polar surface area (TPSA) is 68.1 Å². The fourth-order valence-corrected chi connectivity index (χ4v) is 2.57. The molecule has 2 rings (SSSR count). The summed E-state index contributed by atoms with van der Waals surface area (Å²) < 4.78 is 0. The molecule has 0 spiro atoms. The van der Waals surface area contributed by atoms with Gasteiger partial charge in [-0.25, -0.2) is 4.98 Å². The Morgan fingerprint density at radius 1 is 1.58 bits per heavy atom. The summed E-state index contributed by atoms with van der Waals surface area (Å²) in [5.41, 5.74) is 1.95. The molecule has 0 amide bonds. The summed E-state index contributed by atoms with van der Waals surface area (Å²) in [6, 6.07) is 4.03. The summed E-state index contributed by atoms with van der Waals surface area (Å²) in [6.45, 7) is 3.78. The van der Waals surface area contributed by atoms with Gasteiger partial charge in [-0.05, 0) is 48.7 Å². The monoisotopic (exact) mass is 277 g/mol. The summed E-state index contributed by atoms with van der Waals surface area (Å²) in [4.78, 5) is 14.4. The van der Waals surface area contributed by atoms with Crippen molar-refractivity contribution in [3.63, 3.8) is 0 Å². The second-order valence-corrected chi connectivity index (χ2v) is 5.27. The Bertz CT molecular complexity index is 569. The van der Waals surface area contributed by atoms with Crippen molar-refractivity contribution in [2.45, 2.75) is 26.3 Å². The van der Waals surface area contributed by atoms with Crippen LogP contribution in [0.4, 0.5) is 11.5 Å². The molecule has 0 radical (unpaired) electrons. The minimum absolute atomic E-state index is 0.0519. The molecule has 19 heavy (non-hydrogen) atoms. The predicted molar refractivity (Wildman–Crippen MR) is 76.7 cm³/mol. The smallest absolute Gasteiger partial charge is 0.290 e. The third-order valence-electron chi connectivity index (χ3n) is 2.80. The number of rotatable bonds is 5. The second kappa shape index (κ2) is 5.79. The van der Waals surface area contributed by atoms with E-state index < -0.39 is 4.92 Å². The number of hydrogen-bond acceptors (Lipinski definition) is 5. The Balaban J connectivity index is 2.03. The van der Waals surface area contributed by atoms with Crippen molar-refractivity contribution in [3.8, 4) is 0 Å². The highest BCUT2D eigenvalue weighted by Gasteiger charge is 2.12. The Labute approximate surface area is 115 Å². The molecule has 5 nitrogen and oxygen atoms in total. The van der Waals surface area contributed by atoms with Gasteiger partial charge < -0.3 is 5.32 Å². The summed E-state index contributed by atoms with van der Waals surface area (Å²) in [5, 5.41) is 18.1. The first kappa shape index (κ1) is 13.5. The normalized spacial score (nSPS) is 12.1. The molecule has 0 aromatic carbocycles. The molecule has 100 valence electrons. The number of nitrogens with one attached hydrogen (secondary N) is 1. The maximum absolute atomic E-state index is 10.7. The molecule has 2 aromatic heterocycles. The first-order chi connectivity index (χ1) is 9.06. The number of thiophene rings is 1. The van der Waals surface area contributed by atoms with Gasteiger partial charge in [0.15, 0.2) is 0 Å². The summed E-state index contributed by atoms with van der Waals surface area (Å²) >= 11 is 1.68. The average molecular weight is 277 g/mol. The van der Waals surface area contributed by atoms with Crippen molar-refractivity contribution in [2.24, 2.45) is 0 Å². The first-order valence-corrected chi connectivity index (χ1v) is 6.89. The highest BCUT2D eigenvalue weighted by Crippen LogP contribution is 2.19. The van der Waals surface area contributed by atoms with Gasteiger partial charge in [0.25, 0.3) is 5.69 Å². The molecule has 6 heteroatoms. The van der Waals surface area contributed by atoms with Gasteiger partial charge in [-0.1, -0.05) is 0 Å². The third kappa shape index (κ3) is 3.51. The number of anilines is 1. The van der Waals surface area contributed by atoms with Gasteiger partial charge in [0, 0.05) is 11.6 Å². The fraction of sp³-hybridized carbons (Fsp3) is 0.308. The first-order valence-electron chi connectivity index (χ1n) is 5.95. The number of nitrogens with zero attached hydrogens (tertiary/aromatic N) is 2. The van der Waals surface area contributed by atoms with Crippen molar-refractivity contribution in [2.75, 3.05) is 5.32 Å². The Kier molecular flexibility index (Phi) is 4.11. The highest BCUT2D eigenvalue weighted by molar-refractivity contribution is 7.07. The van der Waals surface area contributed by atoms with Crippen molar-refractivity contribution in [1.29, 1.82) is 0 Å². The van der Waals surface area contributed by atoms with Crippen LogP contribution < -0.4 is 5.32 Å². The van der Waals surface area contributed by atoms with E-state index in [0.717, 1.165) is 6.42 Å². The molecule has 1 N–H and O–H groups in total. The number of pyridine rings is 1. The molecule has 0 aliphatic rings. The maximum Gasteiger partial charge on any atom is 0.290 e. The van der Waals surface area contributed by atoms with Crippen molar-refractivity contribution in [1.82, 2.24) is 4.98 Å². The standard InChI is InChI=1S/C13H15N3O2S/c1-9-5-13(14-7-12(9)16(17)18)15-10(2)6-11-3-4-19-8-11/h3-5,7-8,10H,6H2,1-2H3,(H,14,15). The lowest BCUT2D eigenvalue weighted by Crippen LogP contribution is -2.18. The molecule has 1 atom stereocenters. The molecule has 2 aromatic rings. The van der Waals surface area contributed by atoms with Gasteiger partial charge in [-0.3, -0.25) is 10.1 Å².